The molecular formula is C29H36N6O4. The van der Waals surface area contributed by atoms with Gasteiger partial charge in [0.2, 0.25) is 5.95 Å². The molecule has 3 N–H and O–H groups in total. The molecule has 3 heterocycles. The third-order valence-electron chi connectivity index (χ3n) is 7.10. The van der Waals surface area contributed by atoms with Crippen molar-refractivity contribution in [3.8, 4) is 11.4 Å². The number of nitrogens with zero attached hydrogens (tertiary/aromatic N) is 4. The summed E-state index contributed by atoms with van der Waals surface area (Å²) in [7, 11) is 0. The van der Waals surface area contributed by atoms with Crippen LogP contribution >= 0.6 is 0 Å². The second kappa shape index (κ2) is 11.6. The van der Waals surface area contributed by atoms with Crippen molar-refractivity contribution < 1.29 is 19.4 Å². The minimum absolute atomic E-state index is 0.174. The van der Waals surface area contributed by atoms with Gasteiger partial charge < -0.3 is 30.1 Å². The predicted molar refractivity (Wildman–Crippen MR) is 150 cm³/mol. The normalized spacial score (nSPS) is 18.6. The highest BCUT2D eigenvalue weighted by molar-refractivity contribution is 5.99. The maximum Gasteiger partial charge on any atom is 0.323 e. The van der Waals surface area contributed by atoms with Gasteiger partial charge in [-0.15, -0.1) is 0 Å². The van der Waals surface area contributed by atoms with Crippen molar-refractivity contribution >= 4 is 23.4 Å². The molecule has 0 spiro atoms. The number of urea groups is 1. The number of rotatable bonds is 6. The molecule has 2 saturated heterocycles. The van der Waals surface area contributed by atoms with E-state index in [1.165, 1.54) is 0 Å². The quantitative estimate of drug-likeness (QED) is 0.423. The van der Waals surface area contributed by atoms with E-state index in [-0.39, 0.29) is 18.0 Å². The van der Waals surface area contributed by atoms with E-state index in [9.17, 15) is 9.90 Å². The van der Waals surface area contributed by atoms with Crippen LogP contribution < -0.4 is 15.5 Å². The number of nitrogens with one attached hydrogen (secondary N) is 2. The minimum Gasteiger partial charge on any atom is -0.386 e. The van der Waals surface area contributed by atoms with Gasteiger partial charge in [-0.1, -0.05) is 12.1 Å². The maximum absolute atomic E-state index is 12.6. The van der Waals surface area contributed by atoms with Crippen LogP contribution in [-0.2, 0) is 15.1 Å². The third kappa shape index (κ3) is 6.70. The molecule has 0 unspecified atom stereocenters. The largest absolute Gasteiger partial charge is 0.386 e. The molecular weight excluding hydrogens is 496 g/mol. The number of morpholine rings is 1. The molecule has 2 amide bonds. The van der Waals surface area contributed by atoms with E-state index in [2.05, 4.69) is 22.5 Å². The summed E-state index contributed by atoms with van der Waals surface area (Å²) in [4.78, 5) is 29.3. The lowest BCUT2D eigenvalue weighted by Crippen LogP contribution is -2.44. The summed E-state index contributed by atoms with van der Waals surface area (Å²) in [6.07, 6.45) is 1.78. The number of ether oxygens (including phenoxy) is 2. The Morgan fingerprint density at radius 1 is 0.923 bits per heavy atom. The van der Waals surface area contributed by atoms with Crippen LogP contribution in [0, 0.1) is 0 Å². The lowest BCUT2D eigenvalue weighted by molar-refractivity contribution is 0.0786. The van der Waals surface area contributed by atoms with Crippen molar-refractivity contribution in [3.63, 3.8) is 0 Å². The van der Waals surface area contributed by atoms with Crippen molar-refractivity contribution in [2.45, 2.75) is 51.2 Å². The molecule has 5 rings (SSSR count). The Labute approximate surface area is 228 Å². The first kappa shape index (κ1) is 27.0. The number of carbonyl (C=O) groups excluding carboxylic acids is 1. The molecule has 3 aromatic rings. The molecule has 10 nitrogen and oxygen atoms in total. The molecule has 1 aromatic heterocycles. The highest BCUT2D eigenvalue weighted by Gasteiger charge is 2.26. The number of benzene rings is 2. The minimum atomic E-state index is -0.937. The number of hydrogen-bond acceptors (Lipinski definition) is 8. The van der Waals surface area contributed by atoms with Gasteiger partial charge in [-0.3, -0.25) is 0 Å². The van der Waals surface area contributed by atoms with Crippen LogP contribution in [0.1, 0.15) is 50.9 Å². The van der Waals surface area contributed by atoms with E-state index < -0.39 is 5.60 Å². The summed E-state index contributed by atoms with van der Waals surface area (Å²) in [5, 5.41) is 15.8. The Morgan fingerprint density at radius 3 is 2.18 bits per heavy atom. The average molecular weight is 533 g/mol. The molecule has 206 valence electrons. The Hall–Kier alpha value is -3.60. The van der Waals surface area contributed by atoms with Crippen LogP contribution in [-0.4, -0.2) is 65.1 Å². The van der Waals surface area contributed by atoms with E-state index in [1.807, 2.05) is 24.3 Å². The molecule has 10 heteroatoms. The molecule has 2 fully saturated rings. The molecule has 39 heavy (non-hydrogen) atoms. The maximum atomic E-state index is 12.6. The highest BCUT2D eigenvalue weighted by Crippen LogP contribution is 2.29. The van der Waals surface area contributed by atoms with Crippen LogP contribution in [0.3, 0.4) is 0 Å². The van der Waals surface area contributed by atoms with Gasteiger partial charge in [0, 0.05) is 42.6 Å². The highest BCUT2D eigenvalue weighted by atomic mass is 16.5. The second-order valence-corrected chi connectivity index (χ2v) is 10.6. The summed E-state index contributed by atoms with van der Waals surface area (Å²) >= 11 is 0. The Kier molecular flexibility index (Phi) is 8.06. The van der Waals surface area contributed by atoms with Crippen LogP contribution in [0.25, 0.3) is 11.4 Å². The molecule has 0 radical (unpaired) electrons. The van der Waals surface area contributed by atoms with Gasteiger partial charge in [0.05, 0.1) is 24.9 Å². The second-order valence-electron chi connectivity index (χ2n) is 10.6. The Balaban J connectivity index is 1.32. The SMILES string of the molecule is C[C@@H]1COCCN1c1nc(-c2ccc(NC(=O)Nc3ccc(C(C)(C)O)cc3)cc2)nc(C2CCOCC2)n1. The third-order valence-corrected chi connectivity index (χ3v) is 7.10. The first-order valence-corrected chi connectivity index (χ1v) is 13.5. The van der Waals surface area contributed by atoms with E-state index in [4.69, 9.17) is 24.4 Å². The van der Waals surface area contributed by atoms with E-state index >= 15 is 0 Å². The van der Waals surface area contributed by atoms with Gasteiger partial charge in [-0.2, -0.15) is 9.97 Å². The van der Waals surface area contributed by atoms with Gasteiger partial charge in [0.1, 0.15) is 5.82 Å². The van der Waals surface area contributed by atoms with Crippen LogP contribution in [0.4, 0.5) is 22.1 Å². The van der Waals surface area contributed by atoms with Crippen molar-refractivity contribution in [3.05, 3.63) is 59.9 Å². The van der Waals surface area contributed by atoms with Gasteiger partial charge in [-0.05, 0) is 75.6 Å². The fraction of sp³-hybridized carbons (Fsp3) is 0.448. The van der Waals surface area contributed by atoms with Crippen LogP contribution in [0.5, 0.6) is 0 Å². The van der Waals surface area contributed by atoms with Crippen molar-refractivity contribution in [1.82, 2.24) is 15.0 Å². The topological polar surface area (TPSA) is 122 Å². The standard InChI is InChI=1S/C29H36N6O4/c1-19-18-39-17-14-35(19)27-33-25(32-26(34-27)21-12-15-38-16-13-21)20-4-8-23(9-5-20)30-28(36)31-24-10-6-22(7-11-24)29(2,3)37/h4-11,19,21,37H,12-18H2,1-3H3,(H2,30,31,36)/t19-/m1/s1. The van der Waals surface area contributed by atoms with E-state index in [1.54, 1.807) is 38.1 Å². The summed E-state index contributed by atoms with van der Waals surface area (Å²) in [5.41, 5.74) is 1.96. The van der Waals surface area contributed by atoms with Crippen LogP contribution in [0.15, 0.2) is 48.5 Å². The lowest BCUT2D eigenvalue weighted by Gasteiger charge is -2.34. The molecule has 2 aliphatic rings. The fourth-order valence-electron chi connectivity index (χ4n) is 4.76. The Bertz CT molecular complexity index is 1270. The molecule has 0 aliphatic carbocycles. The van der Waals surface area contributed by atoms with Gasteiger partial charge in [0.25, 0.3) is 0 Å². The smallest absolute Gasteiger partial charge is 0.323 e. The number of carbonyl (C=O) groups is 1. The van der Waals surface area contributed by atoms with E-state index in [0.29, 0.717) is 49.6 Å². The zero-order valence-corrected chi connectivity index (χ0v) is 22.7. The molecule has 0 saturated carbocycles. The predicted octanol–water partition coefficient (Wildman–Crippen LogP) is 4.53. The number of aromatic nitrogens is 3. The molecule has 2 aliphatic heterocycles. The zero-order chi connectivity index (χ0) is 27.4. The monoisotopic (exact) mass is 532 g/mol. The average Bonchev–Trinajstić information content (AvgIpc) is 2.94. The van der Waals surface area contributed by atoms with Crippen molar-refractivity contribution in [2.24, 2.45) is 0 Å². The van der Waals surface area contributed by atoms with Crippen molar-refractivity contribution in [2.75, 3.05) is 48.5 Å². The number of amides is 2. The summed E-state index contributed by atoms with van der Waals surface area (Å²) < 4.78 is 11.2. The first-order chi connectivity index (χ1) is 18.8. The molecule has 0 bridgehead atoms. The molecule has 1 atom stereocenters. The van der Waals surface area contributed by atoms with E-state index in [0.717, 1.165) is 36.3 Å². The number of anilines is 3. The van der Waals surface area contributed by atoms with Crippen LogP contribution in [0.2, 0.25) is 0 Å². The van der Waals surface area contributed by atoms with Gasteiger partial charge in [-0.25, -0.2) is 9.78 Å². The first-order valence-electron chi connectivity index (χ1n) is 13.5. The van der Waals surface area contributed by atoms with Gasteiger partial charge in [0.15, 0.2) is 5.82 Å². The zero-order valence-electron chi connectivity index (χ0n) is 22.7. The van der Waals surface area contributed by atoms with Gasteiger partial charge >= 0.3 is 6.03 Å². The number of aliphatic hydroxyl groups is 1. The fourth-order valence-corrected chi connectivity index (χ4v) is 4.76. The Morgan fingerprint density at radius 2 is 1.56 bits per heavy atom. The lowest BCUT2D eigenvalue weighted by atomic mass is 9.98. The molecule has 2 aromatic carbocycles. The summed E-state index contributed by atoms with van der Waals surface area (Å²) in [6, 6.07) is 14.4. The number of hydrogen-bond donors (Lipinski definition) is 3. The summed E-state index contributed by atoms with van der Waals surface area (Å²) in [5.74, 6) is 2.32. The van der Waals surface area contributed by atoms with Crippen molar-refractivity contribution in [1.29, 1.82) is 0 Å². The summed E-state index contributed by atoms with van der Waals surface area (Å²) in [6.45, 7) is 8.99.